The smallest absolute Gasteiger partial charge is 0.407 e. The summed E-state index contributed by atoms with van der Waals surface area (Å²) in [6.45, 7) is 8.69. The van der Waals surface area contributed by atoms with Crippen LogP contribution in [0.2, 0.25) is 0 Å². The highest BCUT2D eigenvalue weighted by Gasteiger charge is 2.31. The Labute approximate surface area is 194 Å². The summed E-state index contributed by atoms with van der Waals surface area (Å²) in [5, 5.41) is 11.8. The molecule has 182 valence electrons. The third kappa shape index (κ3) is 8.64. The highest BCUT2D eigenvalue weighted by atomic mass is 16.6. The second kappa shape index (κ2) is 11.4. The number of anilines is 1. The van der Waals surface area contributed by atoms with Gasteiger partial charge >= 0.3 is 6.09 Å². The highest BCUT2D eigenvalue weighted by Crippen LogP contribution is 2.14. The van der Waals surface area contributed by atoms with Crippen molar-refractivity contribution in [3.63, 3.8) is 0 Å². The summed E-state index contributed by atoms with van der Waals surface area (Å²) >= 11 is 0. The Hall–Kier alpha value is -2.69. The maximum atomic E-state index is 12.6. The van der Waals surface area contributed by atoms with Crippen LogP contribution in [0.3, 0.4) is 0 Å². The number of hydrogen-bond donors (Lipinski definition) is 4. The summed E-state index contributed by atoms with van der Waals surface area (Å²) in [5.74, 6) is -0.262. The van der Waals surface area contributed by atoms with Gasteiger partial charge in [0.05, 0.1) is 38.4 Å². The van der Waals surface area contributed by atoms with Crippen LogP contribution in [-0.4, -0.2) is 73.6 Å². The van der Waals surface area contributed by atoms with E-state index in [0.29, 0.717) is 38.3 Å². The van der Waals surface area contributed by atoms with Gasteiger partial charge < -0.3 is 25.4 Å². The number of rotatable bonds is 7. The number of benzene rings is 1. The van der Waals surface area contributed by atoms with Gasteiger partial charge in [0.15, 0.2) is 0 Å². The molecule has 2 heterocycles. The molecule has 0 aromatic heterocycles. The van der Waals surface area contributed by atoms with Crippen LogP contribution in [-0.2, 0) is 25.5 Å². The van der Waals surface area contributed by atoms with Crippen molar-refractivity contribution in [2.45, 2.75) is 58.0 Å². The summed E-state index contributed by atoms with van der Waals surface area (Å²) in [6, 6.07) is 7.47. The molecular formula is C23H35N5O5. The van der Waals surface area contributed by atoms with Gasteiger partial charge in [0.25, 0.3) is 0 Å². The molecule has 2 fully saturated rings. The van der Waals surface area contributed by atoms with Crippen LogP contribution >= 0.6 is 0 Å². The van der Waals surface area contributed by atoms with Gasteiger partial charge in [-0.2, -0.15) is 0 Å². The number of ether oxygens (including phenoxy) is 2. The van der Waals surface area contributed by atoms with Crippen LogP contribution in [0.5, 0.6) is 0 Å². The molecule has 1 aromatic carbocycles. The van der Waals surface area contributed by atoms with Gasteiger partial charge in [-0.05, 0) is 44.9 Å². The molecule has 0 bridgehead atoms. The quantitative estimate of drug-likeness (QED) is 0.481. The Morgan fingerprint density at radius 1 is 1.24 bits per heavy atom. The number of hydrogen-bond acceptors (Lipinski definition) is 7. The second-order valence-corrected chi connectivity index (χ2v) is 9.29. The second-order valence-electron chi connectivity index (χ2n) is 9.29. The fourth-order valence-electron chi connectivity index (χ4n) is 3.82. The van der Waals surface area contributed by atoms with Crippen LogP contribution in [0, 0.1) is 0 Å². The van der Waals surface area contributed by atoms with E-state index in [1.807, 2.05) is 45.0 Å². The molecule has 3 amide bonds. The van der Waals surface area contributed by atoms with Crippen LogP contribution in [0.15, 0.2) is 24.3 Å². The lowest BCUT2D eigenvalue weighted by atomic mass is 10.1. The fourth-order valence-corrected chi connectivity index (χ4v) is 3.82. The number of nitrogens with zero attached hydrogens (tertiary/aromatic N) is 1. The molecule has 2 unspecified atom stereocenters. The first-order valence-electron chi connectivity index (χ1n) is 11.4. The zero-order chi connectivity index (χ0) is 23.8. The minimum atomic E-state index is -0.539. The van der Waals surface area contributed by atoms with Crippen molar-refractivity contribution in [2.75, 3.05) is 38.2 Å². The van der Waals surface area contributed by atoms with Crippen molar-refractivity contribution >= 4 is 23.6 Å². The summed E-state index contributed by atoms with van der Waals surface area (Å²) in [4.78, 5) is 38.7. The van der Waals surface area contributed by atoms with Crippen LogP contribution in [0.4, 0.5) is 10.5 Å². The van der Waals surface area contributed by atoms with Gasteiger partial charge in [-0.15, -0.1) is 0 Å². The standard InChI is InChI=1S/C23H35N5O5/c1-23(2,3)33-22(31)24-8-7-16-5-4-6-17(13-16)25-20(29)14-18-26-19(15-21(30)27-18)28-9-11-32-12-10-28/h4-6,13,18-19,26H,7-12,14-15H2,1-3H3,(H,24,31)(H,25,29)(H,27,30). The fraction of sp³-hybridized carbons (Fsp3) is 0.609. The average Bonchev–Trinajstić information content (AvgIpc) is 2.73. The van der Waals surface area contributed by atoms with E-state index in [9.17, 15) is 14.4 Å². The first-order valence-corrected chi connectivity index (χ1v) is 11.4. The summed E-state index contributed by atoms with van der Waals surface area (Å²) in [6.07, 6.45) is 0.102. The van der Waals surface area contributed by atoms with Gasteiger partial charge in [-0.25, -0.2) is 4.79 Å². The van der Waals surface area contributed by atoms with Gasteiger partial charge in [-0.3, -0.25) is 19.8 Å². The third-order valence-corrected chi connectivity index (χ3v) is 5.28. The molecule has 2 atom stereocenters. The van der Waals surface area contributed by atoms with Gasteiger partial charge in [0.1, 0.15) is 5.60 Å². The van der Waals surface area contributed by atoms with E-state index in [1.165, 1.54) is 0 Å². The molecular weight excluding hydrogens is 426 g/mol. The third-order valence-electron chi connectivity index (χ3n) is 5.28. The van der Waals surface area contributed by atoms with Crippen LogP contribution in [0.1, 0.15) is 39.2 Å². The summed E-state index contributed by atoms with van der Waals surface area (Å²) < 4.78 is 10.6. The SMILES string of the molecule is CC(C)(C)OC(=O)NCCc1cccc(NC(=O)CC2NC(=O)CC(N3CCOCC3)N2)c1. The monoisotopic (exact) mass is 461 g/mol. The van der Waals surface area contributed by atoms with Crippen LogP contribution < -0.4 is 21.3 Å². The van der Waals surface area contributed by atoms with Crippen molar-refractivity contribution < 1.29 is 23.9 Å². The molecule has 10 nitrogen and oxygen atoms in total. The van der Waals surface area contributed by atoms with Crippen molar-refractivity contribution in [2.24, 2.45) is 0 Å². The summed E-state index contributed by atoms with van der Waals surface area (Å²) in [7, 11) is 0. The number of carbonyl (C=O) groups excluding carboxylic acids is 3. The van der Waals surface area contributed by atoms with Crippen molar-refractivity contribution in [3.05, 3.63) is 29.8 Å². The Morgan fingerprint density at radius 2 is 2.00 bits per heavy atom. The first kappa shape index (κ1) is 24.9. The zero-order valence-corrected chi connectivity index (χ0v) is 19.6. The number of morpholine rings is 1. The Kier molecular flexibility index (Phi) is 8.65. The zero-order valence-electron chi connectivity index (χ0n) is 19.6. The first-order chi connectivity index (χ1) is 15.7. The molecule has 2 aliphatic heterocycles. The molecule has 0 aliphatic carbocycles. The Balaban J connectivity index is 1.46. The van der Waals surface area contributed by atoms with E-state index in [4.69, 9.17) is 9.47 Å². The van der Waals surface area contributed by atoms with E-state index >= 15 is 0 Å². The van der Waals surface area contributed by atoms with Crippen molar-refractivity contribution in [1.29, 1.82) is 0 Å². The van der Waals surface area contributed by atoms with Crippen LogP contribution in [0.25, 0.3) is 0 Å². The molecule has 0 spiro atoms. The normalized spacial score (nSPS) is 21.7. The molecule has 2 aliphatic rings. The maximum absolute atomic E-state index is 12.6. The molecule has 4 N–H and O–H groups in total. The minimum absolute atomic E-state index is 0.0671. The lowest BCUT2D eigenvalue weighted by Gasteiger charge is -2.40. The van der Waals surface area contributed by atoms with Gasteiger partial charge in [0, 0.05) is 25.3 Å². The molecule has 33 heavy (non-hydrogen) atoms. The maximum Gasteiger partial charge on any atom is 0.407 e. The molecule has 10 heteroatoms. The minimum Gasteiger partial charge on any atom is -0.444 e. The van der Waals surface area contributed by atoms with Crippen molar-refractivity contribution in [3.8, 4) is 0 Å². The Bertz CT molecular complexity index is 835. The number of carbonyl (C=O) groups is 3. The largest absolute Gasteiger partial charge is 0.444 e. The van der Waals surface area contributed by atoms with Crippen molar-refractivity contribution in [1.82, 2.24) is 20.9 Å². The van der Waals surface area contributed by atoms with E-state index < -0.39 is 17.9 Å². The molecule has 1 aromatic rings. The average molecular weight is 462 g/mol. The van der Waals surface area contributed by atoms with Gasteiger partial charge in [-0.1, -0.05) is 12.1 Å². The predicted molar refractivity (Wildman–Crippen MR) is 123 cm³/mol. The molecule has 0 radical (unpaired) electrons. The molecule has 2 saturated heterocycles. The lowest BCUT2D eigenvalue weighted by Crippen LogP contribution is -2.63. The number of amides is 3. The van der Waals surface area contributed by atoms with E-state index in [-0.39, 0.29) is 24.4 Å². The highest BCUT2D eigenvalue weighted by molar-refractivity contribution is 5.91. The topological polar surface area (TPSA) is 121 Å². The molecule has 3 rings (SSSR count). The number of alkyl carbamates (subject to hydrolysis) is 1. The lowest BCUT2D eigenvalue weighted by molar-refractivity contribution is -0.128. The summed E-state index contributed by atoms with van der Waals surface area (Å²) in [5.41, 5.74) is 1.10. The Morgan fingerprint density at radius 3 is 2.73 bits per heavy atom. The van der Waals surface area contributed by atoms with E-state index in [0.717, 1.165) is 18.7 Å². The van der Waals surface area contributed by atoms with E-state index in [2.05, 4.69) is 26.2 Å². The van der Waals surface area contributed by atoms with Gasteiger partial charge in [0.2, 0.25) is 11.8 Å². The van der Waals surface area contributed by atoms with E-state index in [1.54, 1.807) is 0 Å². The number of nitrogens with one attached hydrogen (secondary N) is 4. The molecule has 0 saturated carbocycles. The predicted octanol–water partition coefficient (Wildman–Crippen LogP) is 1.18.